The molecule has 1 unspecified atom stereocenters. The first kappa shape index (κ1) is 21.8. The molecule has 164 valence electrons. The second kappa shape index (κ2) is 8.63. The Hall–Kier alpha value is -2.38. The molecule has 2 aromatic rings. The van der Waals surface area contributed by atoms with Gasteiger partial charge in [-0.1, -0.05) is 29.8 Å². The number of sulfone groups is 1. The lowest BCUT2D eigenvalue weighted by Gasteiger charge is -2.22. The summed E-state index contributed by atoms with van der Waals surface area (Å²) in [5.41, 5.74) is 2.45. The number of hydrogen-bond donors (Lipinski definition) is 1. The van der Waals surface area contributed by atoms with Gasteiger partial charge in [-0.25, -0.2) is 8.42 Å². The second-order valence-electron chi connectivity index (χ2n) is 8.26. The van der Waals surface area contributed by atoms with Crippen LogP contribution in [0.15, 0.2) is 47.4 Å². The molecule has 1 aliphatic heterocycles. The normalized spacial score (nSPS) is 18.0. The number of carbonyl (C=O) groups excluding carboxylic acids is 2. The van der Waals surface area contributed by atoms with Gasteiger partial charge >= 0.3 is 0 Å². The highest BCUT2D eigenvalue weighted by Gasteiger charge is 2.39. The summed E-state index contributed by atoms with van der Waals surface area (Å²) in [6.45, 7) is 2.23. The van der Waals surface area contributed by atoms with E-state index in [1.165, 1.54) is 0 Å². The van der Waals surface area contributed by atoms with Crippen LogP contribution in [-0.2, 0) is 32.4 Å². The van der Waals surface area contributed by atoms with Gasteiger partial charge in [0, 0.05) is 35.6 Å². The maximum Gasteiger partial charge on any atom is 0.230 e. The zero-order valence-corrected chi connectivity index (χ0v) is 18.9. The van der Waals surface area contributed by atoms with Crippen LogP contribution >= 0.6 is 11.6 Å². The highest BCUT2D eigenvalue weighted by molar-refractivity contribution is 7.91. The molecule has 4 rings (SSSR count). The minimum absolute atomic E-state index is 0.0247. The number of rotatable bonds is 7. The minimum atomic E-state index is -3.62. The van der Waals surface area contributed by atoms with Crippen molar-refractivity contribution in [3.8, 4) is 0 Å². The first-order valence-corrected chi connectivity index (χ1v) is 12.5. The molecule has 0 aromatic heterocycles. The van der Waals surface area contributed by atoms with Gasteiger partial charge in [0.2, 0.25) is 11.8 Å². The van der Waals surface area contributed by atoms with Gasteiger partial charge in [0.25, 0.3) is 0 Å². The van der Waals surface area contributed by atoms with Crippen LogP contribution < -0.4 is 10.2 Å². The van der Waals surface area contributed by atoms with Crippen molar-refractivity contribution in [3.05, 3.63) is 58.6 Å². The Morgan fingerprint density at radius 1 is 1.16 bits per heavy atom. The van der Waals surface area contributed by atoms with E-state index in [4.69, 9.17) is 11.6 Å². The maximum absolute atomic E-state index is 12.8. The van der Waals surface area contributed by atoms with Crippen LogP contribution in [-0.4, -0.2) is 32.0 Å². The standard InChI is InChI=1S/C23H25ClN2O4S/c1-15-12-18-13-19(8-9-21(18)26(15)23(28)16-6-7-16)31(29,30)11-10-22(27)25-14-17-4-2-3-5-20(17)24/h2-5,8-9,13,15-16H,6-7,10-12,14H2,1H3,(H,25,27). The quantitative estimate of drug-likeness (QED) is 0.685. The predicted octanol–water partition coefficient (Wildman–Crippen LogP) is 3.51. The van der Waals surface area contributed by atoms with E-state index in [2.05, 4.69) is 5.32 Å². The fraction of sp³-hybridized carbons (Fsp3) is 0.391. The third-order valence-corrected chi connectivity index (χ3v) is 7.90. The molecule has 1 saturated carbocycles. The molecule has 8 heteroatoms. The van der Waals surface area contributed by atoms with Gasteiger partial charge in [-0.3, -0.25) is 9.59 Å². The van der Waals surface area contributed by atoms with Crippen molar-refractivity contribution >= 4 is 38.9 Å². The van der Waals surface area contributed by atoms with E-state index < -0.39 is 9.84 Å². The van der Waals surface area contributed by atoms with Gasteiger partial charge in [-0.05, 0) is 61.6 Å². The van der Waals surface area contributed by atoms with Crippen molar-refractivity contribution in [1.82, 2.24) is 5.32 Å². The van der Waals surface area contributed by atoms with E-state index in [1.54, 1.807) is 30.3 Å². The summed E-state index contributed by atoms with van der Waals surface area (Å²) < 4.78 is 25.6. The lowest BCUT2D eigenvalue weighted by atomic mass is 10.1. The van der Waals surface area contributed by atoms with Gasteiger partial charge in [-0.2, -0.15) is 0 Å². The summed E-state index contributed by atoms with van der Waals surface area (Å²) >= 11 is 6.07. The van der Waals surface area contributed by atoms with Crippen molar-refractivity contribution in [2.24, 2.45) is 5.92 Å². The first-order valence-electron chi connectivity index (χ1n) is 10.4. The molecule has 1 heterocycles. The molecule has 2 aromatic carbocycles. The summed E-state index contributed by atoms with van der Waals surface area (Å²) in [7, 11) is -3.62. The van der Waals surface area contributed by atoms with Crippen LogP contribution in [0.4, 0.5) is 5.69 Å². The lowest BCUT2D eigenvalue weighted by molar-refractivity contribution is -0.121. The average molecular weight is 461 g/mol. The zero-order chi connectivity index (χ0) is 22.2. The molecule has 0 spiro atoms. The third-order valence-electron chi connectivity index (χ3n) is 5.82. The zero-order valence-electron chi connectivity index (χ0n) is 17.3. The summed E-state index contributed by atoms with van der Waals surface area (Å²) in [6, 6.07) is 12.1. The van der Waals surface area contributed by atoms with E-state index in [0.29, 0.717) is 11.4 Å². The van der Waals surface area contributed by atoms with E-state index in [-0.39, 0.29) is 47.4 Å². The number of halogens is 1. The van der Waals surface area contributed by atoms with Gasteiger partial charge < -0.3 is 10.2 Å². The number of nitrogens with zero attached hydrogens (tertiary/aromatic N) is 1. The van der Waals surface area contributed by atoms with Crippen LogP contribution in [0.25, 0.3) is 0 Å². The van der Waals surface area contributed by atoms with E-state index >= 15 is 0 Å². The molecule has 1 aliphatic carbocycles. The highest BCUT2D eigenvalue weighted by Crippen LogP contribution is 2.39. The van der Waals surface area contributed by atoms with Crippen LogP contribution in [0.3, 0.4) is 0 Å². The molecule has 0 saturated heterocycles. The van der Waals surface area contributed by atoms with E-state index in [0.717, 1.165) is 29.7 Å². The Morgan fingerprint density at radius 2 is 1.90 bits per heavy atom. The van der Waals surface area contributed by atoms with Crippen molar-refractivity contribution in [2.75, 3.05) is 10.7 Å². The van der Waals surface area contributed by atoms with Crippen LogP contribution in [0.5, 0.6) is 0 Å². The van der Waals surface area contributed by atoms with Crippen LogP contribution in [0.2, 0.25) is 5.02 Å². The number of carbonyl (C=O) groups is 2. The number of nitrogens with one attached hydrogen (secondary N) is 1. The minimum Gasteiger partial charge on any atom is -0.352 e. The molecule has 1 atom stereocenters. The fourth-order valence-corrected chi connectivity index (χ4v) is 5.42. The molecule has 2 amide bonds. The SMILES string of the molecule is CC1Cc2cc(S(=O)(=O)CCC(=O)NCc3ccccc3Cl)ccc2N1C(=O)C1CC1. The molecule has 0 radical (unpaired) electrons. The predicted molar refractivity (Wildman–Crippen MR) is 120 cm³/mol. The summed E-state index contributed by atoms with van der Waals surface area (Å²) in [5, 5.41) is 3.27. The number of hydrogen-bond acceptors (Lipinski definition) is 4. The Bertz CT molecular complexity index is 1130. The largest absolute Gasteiger partial charge is 0.352 e. The Morgan fingerprint density at radius 3 is 2.61 bits per heavy atom. The fourth-order valence-electron chi connectivity index (χ4n) is 3.93. The molecular weight excluding hydrogens is 436 g/mol. The second-order valence-corrected chi connectivity index (χ2v) is 10.8. The van der Waals surface area contributed by atoms with Gasteiger partial charge in [0.1, 0.15) is 0 Å². The van der Waals surface area contributed by atoms with E-state index in [1.807, 2.05) is 24.0 Å². The summed E-state index contributed by atoms with van der Waals surface area (Å²) in [5.74, 6) is -0.377. The van der Waals surface area contributed by atoms with E-state index in [9.17, 15) is 18.0 Å². The van der Waals surface area contributed by atoms with Crippen molar-refractivity contribution in [3.63, 3.8) is 0 Å². The lowest BCUT2D eigenvalue weighted by Crippen LogP contribution is -2.36. The van der Waals surface area contributed by atoms with Gasteiger partial charge in [-0.15, -0.1) is 0 Å². The topological polar surface area (TPSA) is 83.6 Å². The number of amides is 2. The molecule has 31 heavy (non-hydrogen) atoms. The molecule has 0 bridgehead atoms. The molecule has 1 N–H and O–H groups in total. The Labute approximate surface area is 187 Å². The Kier molecular flexibility index (Phi) is 6.08. The summed E-state index contributed by atoms with van der Waals surface area (Å²) in [4.78, 5) is 26.7. The number of benzene rings is 2. The van der Waals surface area contributed by atoms with Crippen molar-refractivity contribution in [1.29, 1.82) is 0 Å². The average Bonchev–Trinajstić information content (AvgIpc) is 3.53. The highest BCUT2D eigenvalue weighted by atomic mass is 35.5. The smallest absolute Gasteiger partial charge is 0.230 e. The maximum atomic E-state index is 12.8. The molecular formula is C23H25ClN2O4S. The van der Waals surface area contributed by atoms with Crippen molar-refractivity contribution in [2.45, 2.75) is 50.1 Å². The molecule has 2 aliphatic rings. The van der Waals surface area contributed by atoms with Crippen molar-refractivity contribution < 1.29 is 18.0 Å². The van der Waals surface area contributed by atoms with Gasteiger partial charge in [0.15, 0.2) is 9.84 Å². The molecule has 6 nitrogen and oxygen atoms in total. The van der Waals surface area contributed by atoms with Crippen LogP contribution in [0, 0.1) is 5.92 Å². The number of fused-ring (bicyclic) bond motifs is 1. The first-order chi connectivity index (χ1) is 14.8. The van der Waals surface area contributed by atoms with Crippen LogP contribution in [0.1, 0.15) is 37.3 Å². The number of anilines is 1. The van der Waals surface area contributed by atoms with Gasteiger partial charge in [0.05, 0.1) is 10.6 Å². The third kappa shape index (κ3) is 4.77. The monoisotopic (exact) mass is 460 g/mol. The molecule has 1 fully saturated rings. The summed E-state index contributed by atoms with van der Waals surface area (Å²) in [6.07, 6.45) is 2.37. The Balaban J connectivity index is 1.39.